The number of benzene rings is 9. The largest absolute Gasteiger partial charge is 0.356 e. The third-order valence-electron chi connectivity index (χ3n) is 11.4. The predicted molar refractivity (Wildman–Crippen MR) is 245 cm³/mol. The summed E-state index contributed by atoms with van der Waals surface area (Å²) in [6.45, 7) is 4.76. The molecule has 1 N–H and O–H groups in total. The van der Waals surface area contributed by atoms with Crippen LogP contribution in [-0.2, 0) is 5.41 Å². The first-order valence-corrected chi connectivity index (χ1v) is 20.2. The summed E-state index contributed by atoms with van der Waals surface area (Å²) in [5, 5.41) is 8.71. The van der Waals surface area contributed by atoms with Gasteiger partial charge >= 0.3 is 0 Å². The van der Waals surface area contributed by atoms with E-state index < -0.39 is 0 Å². The van der Waals surface area contributed by atoms with E-state index in [1.807, 2.05) is 0 Å². The van der Waals surface area contributed by atoms with Gasteiger partial charge in [-0.15, -0.1) is 0 Å². The van der Waals surface area contributed by atoms with E-state index in [1.54, 1.807) is 6.26 Å². The fourth-order valence-corrected chi connectivity index (χ4v) is 8.78. The van der Waals surface area contributed by atoms with Gasteiger partial charge in [-0.2, -0.15) is 12.6 Å². The molecule has 2 heteroatoms. The van der Waals surface area contributed by atoms with E-state index in [0.717, 1.165) is 11.4 Å². The molecule has 1 aliphatic rings. The molecule has 9 aromatic rings. The van der Waals surface area contributed by atoms with Crippen molar-refractivity contribution in [2.45, 2.75) is 19.3 Å². The standard InChI is InChI=1S/C53H39N.CH4S/c1-53(2)49-27-13-12-26-43(49)45-33-47-48(34-50(45)53)52(40-23-15-21-38(31-40)36-18-8-4-9-19-36)46-32-42(54-41-24-10-5-11-25-41)28-29-44(46)51(47)39-22-14-20-37(30-39)35-16-6-3-7-17-35;1-2/h3-34,54H,1-2H3;2H,1H3. The van der Waals surface area contributed by atoms with Crippen molar-refractivity contribution < 1.29 is 0 Å². The van der Waals surface area contributed by atoms with Crippen LogP contribution in [0.2, 0.25) is 0 Å². The molecule has 0 aromatic heterocycles. The lowest BCUT2D eigenvalue weighted by atomic mass is 9.79. The van der Waals surface area contributed by atoms with E-state index in [2.05, 4.69) is 226 Å². The molecule has 1 aliphatic carbocycles. The Morgan fingerprint density at radius 2 is 0.821 bits per heavy atom. The molecule has 10 rings (SSSR count). The Morgan fingerprint density at radius 1 is 0.339 bits per heavy atom. The minimum absolute atomic E-state index is 0.137. The highest BCUT2D eigenvalue weighted by molar-refractivity contribution is 7.79. The van der Waals surface area contributed by atoms with E-state index in [1.165, 1.54) is 88.3 Å². The number of anilines is 2. The Kier molecular flexibility index (Phi) is 9.29. The molecule has 0 spiro atoms. The third kappa shape index (κ3) is 6.17. The van der Waals surface area contributed by atoms with Gasteiger partial charge in [0, 0.05) is 16.8 Å². The SMILES string of the molecule is CC1(C)c2ccccc2-c2cc3c(-c4cccc(-c5ccccc5)c4)c4ccc(Nc5ccccc5)cc4c(-c4cccc(-c5ccccc5)c4)c3cc21.CS. The van der Waals surface area contributed by atoms with Crippen LogP contribution in [0.5, 0.6) is 0 Å². The summed E-state index contributed by atoms with van der Waals surface area (Å²) in [5.74, 6) is 0. The Balaban J connectivity index is 0.00000202. The zero-order chi connectivity index (χ0) is 38.2. The van der Waals surface area contributed by atoms with E-state index in [-0.39, 0.29) is 5.41 Å². The molecule has 0 fully saturated rings. The molecule has 0 saturated carbocycles. The second-order valence-electron chi connectivity index (χ2n) is 15.0. The molecule has 9 aromatic carbocycles. The van der Waals surface area contributed by atoms with Crippen molar-refractivity contribution in [3.8, 4) is 55.6 Å². The highest BCUT2D eigenvalue weighted by Gasteiger charge is 2.36. The first kappa shape index (κ1) is 35.4. The summed E-state index contributed by atoms with van der Waals surface area (Å²) in [4.78, 5) is 0. The van der Waals surface area contributed by atoms with E-state index >= 15 is 0 Å². The minimum atomic E-state index is -0.137. The maximum atomic E-state index is 3.72. The first-order chi connectivity index (χ1) is 27.5. The molecule has 0 saturated heterocycles. The van der Waals surface area contributed by atoms with E-state index in [0.29, 0.717) is 0 Å². The van der Waals surface area contributed by atoms with Gasteiger partial charge in [-0.25, -0.2) is 0 Å². The lowest BCUT2D eigenvalue weighted by Crippen LogP contribution is -2.14. The first-order valence-electron chi connectivity index (χ1n) is 19.3. The van der Waals surface area contributed by atoms with Gasteiger partial charge in [-0.3, -0.25) is 0 Å². The van der Waals surface area contributed by atoms with Gasteiger partial charge in [0.2, 0.25) is 0 Å². The van der Waals surface area contributed by atoms with Crippen LogP contribution in [0.15, 0.2) is 194 Å². The molecule has 0 amide bonds. The zero-order valence-corrected chi connectivity index (χ0v) is 32.8. The number of thiol groups is 1. The number of fused-ring (bicyclic) bond motifs is 5. The van der Waals surface area contributed by atoms with Gasteiger partial charge in [0.1, 0.15) is 0 Å². The summed E-state index contributed by atoms with van der Waals surface area (Å²) in [6, 6.07) is 71.1. The molecule has 1 nitrogen and oxygen atoms in total. The number of hydrogen-bond donors (Lipinski definition) is 2. The van der Waals surface area contributed by atoms with Crippen LogP contribution < -0.4 is 5.32 Å². The molecule has 0 bridgehead atoms. The fraction of sp³-hybridized carbons (Fsp3) is 0.0741. The van der Waals surface area contributed by atoms with Crippen LogP contribution in [-0.4, -0.2) is 6.26 Å². The third-order valence-corrected chi connectivity index (χ3v) is 11.4. The maximum absolute atomic E-state index is 3.72. The van der Waals surface area contributed by atoms with Crippen molar-refractivity contribution >= 4 is 45.5 Å². The predicted octanol–water partition coefficient (Wildman–Crippen LogP) is 15.3. The van der Waals surface area contributed by atoms with Crippen molar-refractivity contribution in [2.75, 3.05) is 11.6 Å². The lowest BCUT2D eigenvalue weighted by molar-refractivity contribution is 0.661. The normalized spacial score (nSPS) is 12.4. The van der Waals surface area contributed by atoms with Gasteiger partial charge in [0.15, 0.2) is 0 Å². The van der Waals surface area contributed by atoms with Crippen LogP contribution in [0.3, 0.4) is 0 Å². The number of nitrogens with one attached hydrogen (secondary N) is 1. The van der Waals surface area contributed by atoms with Gasteiger partial charge in [-0.05, 0) is 143 Å². The average Bonchev–Trinajstić information content (AvgIpc) is 3.48. The Labute approximate surface area is 335 Å². The van der Waals surface area contributed by atoms with Crippen LogP contribution >= 0.6 is 12.6 Å². The number of hydrogen-bond acceptors (Lipinski definition) is 2. The lowest BCUT2D eigenvalue weighted by Gasteiger charge is -2.24. The van der Waals surface area contributed by atoms with Crippen LogP contribution in [0.4, 0.5) is 11.4 Å². The van der Waals surface area contributed by atoms with Crippen molar-refractivity contribution in [1.29, 1.82) is 0 Å². The molecule has 0 radical (unpaired) electrons. The summed E-state index contributed by atoms with van der Waals surface area (Å²) >= 11 is 3.53. The smallest absolute Gasteiger partial charge is 0.0390 e. The quantitative estimate of drug-likeness (QED) is 0.128. The topological polar surface area (TPSA) is 12.0 Å². The van der Waals surface area contributed by atoms with Gasteiger partial charge in [-0.1, -0.05) is 159 Å². The molecule has 270 valence electrons. The number of para-hydroxylation sites is 1. The monoisotopic (exact) mass is 737 g/mol. The maximum Gasteiger partial charge on any atom is 0.0390 e. The fourth-order valence-electron chi connectivity index (χ4n) is 8.78. The molecular weight excluding hydrogens is 695 g/mol. The highest BCUT2D eigenvalue weighted by Crippen LogP contribution is 2.53. The van der Waals surface area contributed by atoms with E-state index in [9.17, 15) is 0 Å². The molecular formula is C54H43NS. The van der Waals surface area contributed by atoms with Crippen molar-refractivity contribution in [1.82, 2.24) is 0 Å². The van der Waals surface area contributed by atoms with Crippen LogP contribution in [0.1, 0.15) is 25.0 Å². The average molecular weight is 738 g/mol. The number of rotatable bonds is 6. The molecule has 0 aliphatic heterocycles. The second-order valence-corrected chi connectivity index (χ2v) is 15.0. The van der Waals surface area contributed by atoms with Crippen LogP contribution in [0.25, 0.3) is 77.2 Å². The Bertz CT molecular complexity index is 2860. The Hall–Kier alpha value is -6.35. The second kappa shape index (κ2) is 14.7. The summed E-state index contributed by atoms with van der Waals surface area (Å²) < 4.78 is 0. The molecule has 0 heterocycles. The molecule has 0 atom stereocenters. The zero-order valence-electron chi connectivity index (χ0n) is 31.9. The highest BCUT2D eigenvalue weighted by atomic mass is 32.1. The molecule has 0 unspecified atom stereocenters. The molecule has 56 heavy (non-hydrogen) atoms. The summed E-state index contributed by atoms with van der Waals surface area (Å²) in [6.07, 6.45) is 1.69. The van der Waals surface area contributed by atoms with Gasteiger partial charge in [0.25, 0.3) is 0 Å². The van der Waals surface area contributed by atoms with E-state index in [4.69, 9.17) is 0 Å². The van der Waals surface area contributed by atoms with Crippen LogP contribution in [0, 0.1) is 0 Å². The van der Waals surface area contributed by atoms with Crippen molar-refractivity contribution in [3.63, 3.8) is 0 Å². The summed E-state index contributed by atoms with van der Waals surface area (Å²) in [5.41, 5.74) is 17.2. The van der Waals surface area contributed by atoms with Gasteiger partial charge < -0.3 is 5.32 Å². The van der Waals surface area contributed by atoms with Gasteiger partial charge in [0.05, 0.1) is 0 Å². The summed E-state index contributed by atoms with van der Waals surface area (Å²) in [7, 11) is 0. The van der Waals surface area contributed by atoms with Crippen molar-refractivity contribution in [2.24, 2.45) is 0 Å². The minimum Gasteiger partial charge on any atom is -0.356 e. The Morgan fingerprint density at radius 3 is 1.45 bits per heavy atom. The van der Waals surface area contributed by atoms with Crippen molar-refractivity contribution in [3.05, 3.63) is 205 Å².